The van der Waals surface area contributed by atoms with E-state index in [9.17, 15) is 4.39 Å². The van der Waals surface area contributed by atoms with Crippen molar-refractivity contribution in [3.8, 4) is 23.0 Å². The Balaban J connectivity index is 1.28. The Labute approximate surface area is 200 Å². The Hall–Kier alpha value is -3.25. The van der Waals surface area contributed by atoms with Crippen molar-refractivity contribution in [2.75, 3.05) is 26.2 Å². The first-order valence-corrected chi connectivity index (χ1v) is 12.1. The topological polar surface area (TPSA) is 43.2 Å². The Kier molecular flexibility index (Phi) is 6.59. The molecule has 1 aliphatic rings. The molecule has 0 unspecified atom stereocenters. The molecule has 1 saturated heterocycles. The number of aromatic nitrogens is 3. The van der Waals surface area contributed by atoms with Gasteiger partial charge in [0.1, 0.15) is 17.3 Å². The Morgan fingerprint density at radius 3 is 2.68 bits per heavy atom. The lowest BCUT2D eigenvalue weighted by atomic mass is 9.95. The summed E-state index contributed by atoms with van der Waals surface area (Å²) < 4.78 is 21.9. The number of rotatable bonds is 8. The maximum absolute atomic E-state index is 13.9. The summed E-state index contributed by atoms with van der Waals surface area (Å²) >= 11 is 0. The standard InChI is InChI=1S/C28H31FN4O/c1-20(2)21-13-16-32(19-21)15-5-17-34-24-10-8-23(9-11-24)33-27-12-7-22(29)18-26(27)31-28(33)25-6-3-4-14-30-25/h3-4,6-12,14,18,20-21H,5,13,15-17,19H2,1-2H3/t21-/m1/s1. The van der Waals surface area contributed by atoms with Crippen molar-refractivity contribution < 1.29 is 9.13 Å². The zero-order valence-corrected chi connectivity index (χ0v) is 19.8. The second-order valence-electron chi connectivity index (χ2n) is 9.41. The summed E-state index contributed by atoms with van der Waals surface area (Å²) in [6.07, 6.45) is 4.08. The monoisotopic (exact) mass is 458 g/mol. The molecule has 2 aromatic carbocycles. The van der Waals surface area contributed by atoms with Gasteiger partial charge in [0.15, 0.2) is 5.82 Å². The number of likely N-dealkylation sites (tertiary alicyclic amines) is 1. The molecule has 3 heterocycles. The lowest BCUT2D eigenvalue weighted by Gasteiger charge is -2.17. The summed E-state index contributed by atoms with van der Waals surface area (Å²) in [7, 11) is 0. The predicted octanol–water partition coefficient (Wildman–Crippen LogP) is 5.97. The molecule has 0 amide bonds. The van der Waals surface area contributed by atoms with E-state index in [1.807, 2.05) is 47.0 Å². The third-order valence-corrected chi connectivity index (χ3v) is 6.74. The molecular weight excluding hydrogens is 427 g/mol. The minimum absolute atomic E-state index is 0.304. The van der Waals surface area contributed by atoms with Crippen LogP contribution in [-0.2, 0) is 0 Å². The molecule has 34 heavy (non-hydrogen) atoms. The first-order valence-electron chi connectivity index (χ1n) is 12.1. The van der Waals surface area contributed by atoms with Gasteiger partial charge in [0.05, 0.1) is 17.6 Å². The number of nitrogens with zero attached hydrogens (tertiary/aromatic N) is 4. The summed E-state index contributed by atoms with van der Waals surface area (Å²) in [4.78, 5) is 11.7. The van der Waals surface area contributed by atoms with Gasteiger partial charge in [0, 0.05) is 31.0 Å². The summed E-state index contributed by atoms with van der Waals surface area (Å²) in [5.74, 6) is 2.83. The van der Waals surface area contributed by atoms with Crippen LogP contribution in [0.2, 0.25) is 0 Å². The van der Waals surface area contributed by atoms with Crippen LogP contribution < -0.4 is 4.74 Å². The fraction of sp³-hybridized carbons (Fsp3) is 0.357. The molecule has 4 aromatic rings. The van der Waals surface area contributed by atoms with Crippen molar-refractivity contribution in [2.45, 2.75) is 26.7 Å². The van der Waals surface area contributed by atoms with Crippen LogP contribution in [0.1, 0.15) is 26.7 Å². The van der Waals surface area contributed by atoms with Gasteiger partial charge in [-0.05, 0) is 79.8 Å². The van der Waals surface area contributed by atoms with Crippen LogP contribution in [0.25, 0.3) is 28.2 Å². The largest absolute Gasteiger partial charge is 0.494 e. The van der Waals surface area contributed by atoms with E-state index in [1.54, 1.807) is 12.3 Å². The highest BCUT2D eigenvalue weighted by Gasteiger charge is 2.24. The predicted molar refractivity (Wildman–Crippen MR) is 134 cm³/mol. The van der Waals surface area contributed by atoms with Crippen LogP contribution in [0.3, 0.4) is 0 Å². The lowest BCUT2D eigenvalue weighted by Crippen LogP contribution is -2.24. The minimum atomic E-state index is -0.304. The van der Waals surface area contributed by atoms with E-state index in [0.717, 1.165) is 47.4 Å². The first kappa shape index (κ1) is 22.5. The molecule has 0 bridgehead atoms. The molecule has 0 spiro atoms. The highest BCUT2D eigenvalue weighted by Crippen LogP contribution is 2.29. The van der Waals surface area contributed by atoms with Crippen molar-refractivity contribution in [3.63, 3.8) is 0 Å². The average molecular weight is 459 g/mol. The smallest absolute Gasteiger partial charge is 0.164 e. The number of fused-ring (bicyclic) bond motifs is 1. The van der Waals surface area contributed by atoms with Crippen LogP contribution in [0, 0.1) is 17.7 Å². The van der Waals surface area contributed by atoms with E-state index in [0.29, 0.717) is 17.9 Å². The number of imidazole rings is 1. The number of pyridine rings is 1. The quantitative estimate of drug-likeness (QED) is 0.305. The molecule has 0 saturated carbocycles. The van der Waals surface area contributed by atoms with Crippen LogP contribution in [0.15, 0.2) is 66.9 Å². The second kappa shape index (κ2) is 9.94. The molecule has 5 rings (SSSR count). The number of ether oxygens (including phenoxy) is 1. The van der Waals surface area contributed by atoms with Gasteiger partial charge in [-0.3, -0.25) is 9.55 Å². The van der Waals surface area contributed by atoms with Crippen molar-refractivity contribution in [1.29, 1.82) is 0 Å². The van der Waals surface area contributed by atoms with E-state index < -0.39 is 0 Å². The van der Waals surface area contributed by atoms with E-state index in [4.69, 9.17) is 4.74 Å². The SMILES string of the molecule is CC(C)[C@@H]1CCN(CCCOc2ccc(-n3c(-c4ccccn4)nc4cc(F)ccc43)cc2)C1. The Bertz CT molecular complexity index is 1240. The van der Waals surface area contributed by atoms with E-state index in [2.05, 4.69) is 28.7 Å². The molecule has 2 aromatic heterocycles. The molecule has 0 radical (unpaired) electrons. The van der Waals surface area contributed by atoms with Gasteiger partial charge in [0.2, 0.25) is 0 Å². The zero-order valence-electron chi connectivity index (χ0n) is 19.8. The molecular formula is C28H31FN4O. The Morgan fingerprint density at radius 2 is 1.94 bits per heavy atom. The van der Waals surface area contributed by atoms with Crippen LogP contribution in [0.4, 0.5) is 4.39 Å². The lowest BCUT2D eigenvalue weighted by molar-refractivity contribution is 0.253. The molecule has 0 N–H and O–H groups in total. The van der Waals surface area contributed by atoms with Crippen molar-refractivity contribution in [2.24, 2.45) is 11.8 Å². The summed E-state index contributed by atoms with van der Waals surface area (Å²) in [6.45, 7) is 8.86. The normalized spacial score (nSPS) is 16.5. The van der Waals surface area contributed by atoms with Gasteiger partial charge in [0.25, 0.3) is 0 Å². The zero-order chi connectivity index (χ0) is 23.5. The molecule has 5 nitrogen and oxygen atoms in total. The first-order chi connectivity index (χ1) is 16.6. The molecule has 176 valence electrons. The van der Waals surface area contributed by atoms with Crippen LogP contribution in [0.5, 0.6) is 5.75 Å². The average Bonchev–Trinajstić information content (AvgIpc) is 3.48. The number of hydrogen-bond acceptors (Lipinski definition) is 4. The van der Waals surface area contributed by atoms with Gasteiger partial charge in [-0.1, -0.05) is 19.9 Å². The summed E-state index contributed by atoms with van der Waals surface area (Å²) in [5.41, 5.74) is 3.10. The van der Waals surface area contributed by atoms with Gasteiger partial charge in [-0.2, -0.15) is 0 Å². The minimum Gasteiger partial charge on any atom is -0.494 e. The number of benzene rings is 2. The maximum atomic E-state index is 13.9. The van der Waals surface area contributed by atoms with E-state index >= 15 is 0 Å². The fourth-order valence-corrected chi connectivity index (χ4v) is 4.76. The third kappa shape index (κ3) is 4.82. The highest BCUT2D eigenvalue weighted by molar-refractivity contribution is 5.82. The van der Waals surface area contributed by atoms with Gasteiger partial charge in [-0.25, -0.2) is 9.37 Å². The number of halogens is 1. The van der Waals surface area contributed by atoms with Gasteiger partial charge in [-0.15, -0.1) is 0 Å². The Morgan fingerprint density at radius 1 is 1.09 bits per heavy atom. The van der Waals surface area contributed by atoms with Crippen molar-refractivity contribution in [1.82, 2.24) is 19.4 Å². The molecule has 6 heteroatoms. The van der Waals surface area contributed by atoms with Crippen molar-refractivity contribution >= 4 is 11.0 Å². The summed E-state index contributed by atoms with van der Waals surface area (Å²) in [5, 5.41) is 0. The summed E-state index contributed by atoms with van der Waals surface area (Å²) in [6, 6.07) is 18.4. The van der Waals surface area contributed by atoms with Gasteiger partial charge < -0.3 is 9.64 Å². The molecule has 1 fully saturated rings. The molecule has 1 atom stereocenters. The molecule has 1 aliphatic heterocycles. The maximum Gasteiger partial charge on any atom is 0.164 e. The van der Waals surface area contributed by atoms with Crippen molar-refractivity contribution in [3.05, 3.63) is 72.7 Å². The molecule has 0 aliphatic carbocycles. The fourth-order valence-electron chi connectivity index (χ4n) is 4.76. The van der Waals surface area contributed by atoms with E-state index in [-0.39, 0.29) is 5.82 Å². The van der Waals surface area contributed by atoms with Crippen LogP contribution >= 0.6 is 0 Å². The van der Waals surface area contributed by atoms with E-state index in [1.165, 1.54) is 31.6 Å². The second-order valence-corrected chi connectivity index (χ2v) is 9.41. The van der Waals surface area contributed by atoms with Gasteiger partial charge >= 0.3 is 0 Å². The van der Waals surface area contributed by atoms with Crippen LogP contribution in [-0.4, -0.2) is 45.7 Å². The number of hydrogen-bond donors (Lipinski definition) is 0. The third-order valence-electron chi connectivity index (χ3n) is 6.74. The highest BCUT2D eigenvalue weighted by atomic mass is 19.1.